The van der Waals surface area contributed by atoms with E-state index in [2.05, 4.69) is 9.97 Å². The zero-order valence-corrected chi connectivity index (χ0v) is 8.50. The molecule has 0 unspecified atom stereocenters. The van der Waals surface area contributed by atoms with Crippen molar-refractivity contribution >= 4 is 0 Å². The van der Waals surface area contributed by atoms with Crippen molar-refractivity contribution in [2.24, 2.45) is 5.73 Å². The maximum atomic E-state index is 5.49. The lowest BCUT2D eigenvalue weighted by Crippen LogP contribution is -2.09. The molecule has 1 aliphatic carbocycles. The Bertz CT molecular complexity index is 309. The second kappa shape index (κ2) is 4.51. The molecule has 3 nitrogen and oxygen atoms in total. The third-order valence-corrected chi connectivity index (χ3v) is 2.73. The number of hydrogen-bond acceptors (Lipinski definition) is 3. The van der Waals surface area contributed by atoms with Crippen LogP contribution < -0.4 is 5.73 Å². The van der Waals surface area contributed by atoms with Gasteiger partial charge in [0.15, 0.2) is 0 Å². The van der Waals surface area contributed by atoms with Crippen LogP contribution in [0.4, 0.5) is 0 Å². The first-order valence-electron chi connectivity index (χ1n) is 5.44. The lowest BCUT2D eigenvalue weighted by molar-refractivity contribution is 0.707. The maximum absolute atomic E-state index is 5.49. The summed E-state index contributed by atoms with van der Waals surface area (Å²) in [6, 6.07) is 0. The normalized spacial score (nSPS) is 16.1. The van der Waals surface area contributed by atoms with E-state index in [0.29, 0.717) is 6.54 Å². The summed E-state index contributed by atoms with van der Waals surface area (Å²) in [5.74, 6) is 0.910. The van der Waals surface area contributed by atoms with E-state index < -0.39 is 0 Å². The number of rotatable bonds is 2. The fraction of sp³-hybridized carbons (Fsp3) is 0.636. The molecule has 0 aromatic carbocycles. The summed E-state index contributed by atoms with van der Waals surface area (Å²) in [6.45, 7) is 0.638. The van der Waals surface area contributed by atoms with Crippen LogP contribution in [0.25, 0.3) is 0 Å². The van der Waals surface area contributed by atoms with Crippen LogP contribution in [0.1, 0.15) is 36.3 Å². The number of aromatic nitrogens is 2. The van der Waals surface area contributed by atoms with Crippen LogP contribution >= 0.6 is 0 Å². The molecule has 1 aromatic rings. The van der Waals surface area contributed by atoms with E-state index in [9.17, 15) is 0 Å². The van der Waals surface area contributed by atoms with Crippen LogP contribution in [-0.2, 0) is 19.3 Å². The highest BCUT2D eigenvalue weighted by molar-refractivity contribution is 5.19. The van der Waals surface area contributed by atoms with Gasteiger partial charge in [0, 0.05) is 18.3 Å². The van der Waals surface area contributed by atoms with Crippen LogP contribution in [0, 0.1) is 0 Å². The predicted octanol–water partition coefficient (Wildman–Crippen LogP) is 1.25. The number of nitrogens with zero attached hydrogens (tertiary/aromatic N) is 2. The van der Waals surface area contributed by atoms with Crippen molar-refractivity contribution in [2.75, 3.05) is 6.54 Å². The average Bonchev–Trinajstić information content (AvgIpc) is 2.42. The van der Waals surface area contributed by atoms with Crippen LogP contribution in [0.2, 0.25) is 0 Å². The lowest BCUT2D eigenvalue weighted by atomic mass is 10.1. The van der Waals surface area contributed by atoms with E-state index in [1.54, 1.807) is 0 Å². The molecule has 1 aliphatic rings. The molecule has 0 bridgehead atoms. The van der Waals surface area contributed by atoms with Crippen LogP contribution in [0.15, 0.2) is 6.20 Å². The standard InChI is InChI=1S/C11H17N3/c12-7-6-11-13-8-9-4-2-1-3-5-10(9)14-11/h8H,1-7,12H2. The van der Waals surface area contributed by atoms with Gasteiger partial charge in [-0.3, -0.25) is 0 Å². The molecule has 0 atom stereocenters. The SMILES string of the molecule is NCCc1ncc2c(n1)CCCCC2. The second-order valence-electron chi connectivity index (χ2n) is 3.86. The van der Waals surface area contributed by atoms with Gasteiger partial charge in [0.2, 0.25) is 0 Å². The molecule has 0 saturated heterocycles. The minimum Gasteiger partial charge on any atom is -0.330 e. The fourth-order valence-corrected chi connectivity index (χ4v) is 1.94. The first kappa shape index (κ1) is 9.59. The van der Waals surface area contributed by atoms with E-state index in [4.69, 9.17) is 5.73 Å². The first-order chi connectivity index (χ1) is 6.90. The molecule has 0 spiro atoms. The number of fused-ring (bicyclic) bond motifs is 1. The van der Waals surface area contributed by atoms with Gasteiger partial charge in [0.05, 0.1) is 0 Å². The summed E-state index contributed by atoms with van der Waals surface area (Å²) in [5, 5.41) is 0. The number of hydrogen-bond donors (Lipinski definition) is 1. The molecular weight excluding hydrogens is 174 g/mol. The molecule has 0 amide bonds. The summed E-state index contributed by atoms with van der Waals surface area (Å²) in [6.07, 6.45) is 8.95. The Balaban J connectivity index is 2.23. The average molecular weight is 191 g/mol. The van der Waals surface area contributed by atoms with Crippen molar-refractivity contribution in [1.82, 2.24) is 9.97 Å². The number of nitrogens with two attached hydrogens (primary N) is 1. The van der Waals surface area contributed by atoms with Crippen LogP contribution in [-0.4, -0.2) is 16.5 Å². The Morgan fingerprint density at radius 2 is 2.07 bits per heavy atom. The van der Waals surface area contributed by atoms with Crippen molar-refractivity contribution < 1.29 is 0 Å². The summed E-state index contributed by atoms with van der Waals surface area (Å²) >= 11 is 0. The third-order valence-electron chi connectivity index (χ3n) is 2.73. The molecule has 0 saturated carbocycles. The Hall–Kier alpha value is -0.960. The molecule has 2 rings (SSSR count). The maximum Gasteiger partial charge on any atom is 0.129 e. The molecular formula is C11H17N3. The minimum absolute atomic E-state index is 0.638. The molecule has 0 fully saturated rings. The van der Waals surface area contributed by atoms with Gasteiger partial charge < -0.3 is 5.73 Å². The highest BCUT2D eigenvalue weighted by Crippen LogP contribution is 2.17. The zero-order valence-electron chi connectivity index (χ0n) is 8.50. The summed E-state index contributed by atoms with van der Waals surface area (Å²) < 4.78 is 0. The van der Waals surface area contributed by atoms with Crippen LogP contribution in [0.3, 0.4) is 0 Å². The van der Waals surface area contributed by atoms with E-state index in [0.717, 1.165) is 25.1 Å². The van der Waals surface area contributed by atoms with Gasteiger partial charge in [-0.25, -0.2) is 9.97 Å². The molecule has 1 heterocycles. The van der Waals surface area contributed by atoms with E-state index in [-0.39, 0.29) is 0 Å². The highest BCUT2D eigenvalue weighted by Gasteiger charge is 2.10. The third kappa shape index (κ3) is 2.10. The van der Waals surface area contributed by atoms with Crippen LogP contribution in [0.5, 0.6) is 0 Å². The van der Waals surface area contributed by atoms with Crippen molar-refractivity contribution in [1.29, 1.82) is 0 Å². The summed E-state index contributed by atoms with van der Waals surface area (Å²) in [4.78, 5) is 8.90. The van der Waals surface area contributed by atoms with Gasteiger partial charge >= 0.3 is 0 Å². The fourth-order valence-electron chi connectivity index (χ4n) is 1.94. The summed E-state index contributed by atoms with van der Waals surface area (Å²) in [5.41, 5.74) is 8.10. The van der Waals surface area contributed by atoms with Crippen molar-refractivity contribution in [3.05, 3.63) is 23.3 Å². The second-order valence-corrected chi connectivity index (χ2v) is 3.86. The Labute approximate surface area is 84.8 Å². The predicted molar refractivity (Wildman–Crippen MR) is 56.0 cm³/mol. The quantitative estimate of drug-likeness (QED) is 0.716. The minimum atomic E-state index is 0.638. The van der Waals surface area contributed by atoms with Crippen molar-refractivity contribution in [3.63, 3.8) is 0 Å². The lowest BCUT2D eigenvalue weighted by Gasteiger charge is -2.05. The molecule has 14 heavy (non-hydrogen) atoms. The topological polar surface area (TPSA) is 51.8 Å². The van der Waals surface area contributed by atoms with Gasteiger partial charge in [-0.2, -0.15) is 0 Å². The molecule has 76 valence electrons. The van der Waals surface area contributed by atoms with Gasteiger partial charge in [0.1, 0.15) is 5.82 Å². The molecule has 3 heteroatoms. The first-order valence-corrected chi connectivity index (χ1v) is 5.44. The van der Waals surface area contributed by atoms with Crippen molar-refractivity contribution in [3.8, 4) is 0 Å². The largest absolute Gasteiger partial charge is 0.330 e. The Morgan fingerprint density at radius 1 is 1.21 bits per heavy atom. The Kier molecular flexibility index (Phi) is 3.09. The monoisotopic (exact) mass is 191 g/mol. The molecule has 1 aromatic heterocycles. The van der Waals surface area contributed by atoms with Gasteiger partial charge in [0.25, 0.3) is 0 Å². The highest BCUT2D eigenvalue weighted by atomic mass is 14.9. The van der Waals surface area contributed by atoms with Gasteiger partial charge in [-0.15, -0.1) is 0 Å². The van der Waals surface area contributed by atoms with Crippen molar-refractivity contribution in [2.45, 2.75) is 38.5 Å². The van der Waals surface area contributed by atoms with E-state index in [1.165, 1.54) is 30.5 Å². The summed E-state index contributed by atoms with van der Waals surface area (Å²) in [7, 11) is 0. The zero-order chi connectivity index (χ0) is 9.80. The molecule has 2 N–H and O–H groups in total. The number of aryl methyl sites for hydroxylation is 2. The van der Waals surface area contributed by atoms with E-state index in [1.807, 2.05) is 6.20 Å². The van der Waals surface area contributed by atoms with Gasteiger partial charge in [-0.1, -0.05) is 6.42 Å². The Morgan fingerprint density at radius 3 is 2.93 bits per heavy atom. The molecule has 0 aliphatic heterocycles. The van der Waals surface area contributed by atoms with E-state index >= 15 is 0 Å². The molecule has 0 radical (unpaired) electrons. The smallest absolute Gasteiger partial charge is 0.129 e. The van der Waals surface area contributed by atoms with Gasteiger partial charge in [-0.05, 0) is 37.8 Å².